The van der Waals surface area contributed by atoms with Gasteiger partial charge in [-0.05, 0) is 94.2 Å². The van der Waals surface area contributed by atoms with Crippen LogP contribution in [0.25, 0.3) is 22.3 Å². The van der Waals surface area contributed by atoms with E-state index in [1.807, 2.05) is 16.3 Å². The van der Waals surface area contributed by atoms with Gasteiger partial charge in [-0.2, -0.15) is 0 Å². The number of methoxy groups -OCH3 is 1. The van der Waals surface area contributed by atoms with Gasteiger partial charge in [-0.1, -0.05) is 44.8 Å². The molecule has 2 saturated carbocycles. The van der Waals surface area contributed by atoms with Crippen LogP contribution in [-0.4, -0.2) is 57.9 Å². The molecule has 3 fully saturated rings. The van der Waals surface area contributed by atoms with Crippen molar-refractivity contribution in [1.82, 2.24) is 19.6 Å². The zero-order valence-electron chi connectivity index (χ0n) is 29.2. The van der Waals surface area contributed by atoms with Gasteiger partial charge in [0.1, 0.15) is 5.75 Å². The molecule has 3 aliphatic rings. The first-order chi connectivity index (χ1) is 23.8. The molecule has 11 heteroatoms. The number of ether oxygens (including phenoxy) is 1. The normalized spacial score (nSPS) is 19.5. The Bertz CT molecular complexity index is 1570. The summed E-state index contributed by atoms with van der Waals surface area (Å²) >= 11 is 3.02. The molecular weight excluding hydrogens is 657 g/mol. The molecule has 2 N–H and O–H groups in total. The van der Waals surface area contributed by atoms with Crippen LogP contribution < -0.4 is 14.9 Å². The van der Waals surface area contributed by atoms with Crippen molar-refractivity contribution < 1.29 is 19.1 Å². The second-order valence-electron chi connectivity index (χ2n) is 13.1. The van der Waals surface area contributed by atoms with Crippen LogP contribution in [0, 0.1) is 11.8 Å². The third-order valence-corrected chi connectivity index (χ3v) is 10.7. The predicted molar refractivity (Wildman–Crippen MR) is 201 cm³/mol. The van der Waals surface area contributed by atoms with E-state index >= 15 is 0 Å². The highest BCUT2D eigenvalue weighted by Gasteiger charge is 2.33. The molecular formula is C38H52N4O5S2. The molecule has 266 valence electrons. The summed E-state index contributed by atoms with van der Waals surface area (Å²) in [6.07, 6.45) is 20.3. The van der Waals surface area contributed by atoms with Gasteiger partial charge >= 0.3 is 0 Å². The maximum atomic E-state index is 12.2. The number of amides is 2. The van der Waals surface area contributed by atoms with E-state index in [1.54, 1.807) is 37.7 Å². The van der Waals surface area contributed by atoms with Crippen molar-refractivity contribution in [3.63, 3.8) is 0 Å². The number of aromatic amines is 1. The van der Waals surface area contributed by atoms with E-state index < -0.39 is 0 Å². The van der Waals surface area contributed by atoms with Gasteiger partial charge in [0, 0.05) is 41.1 Å². The van der Waals surface area contributed by atoms with Gasteiger partial charge in [0.2, 0.25) is 12.3 Å². The lowest BCUT2D eigenvalue weighted by atomic mass is 10.1. The van der Waals surface area contributed by atoms with Gasteiger partial charge in [0.25, 0.3) is 0 Å². The highest BCUT2D eigenvalue weighted by molar-refractivity contribution is 7.98. The van der Waals surface area contributed by atoms with Crippen LogP contribution in [0.3, 0.4) is 0 Å². The molecule has 1 aliphatic heterocycles. The molecule has 2 aliphatic carbocycles. The molecule has 3 aromatic rings. The van der Waals surface area contributed by atoms with Gasteiger partial charge in [0.05, 0.1) is 35.6 Å². The first-order valence-electron chi connectivity index (χ1n) is 17.8. The lowest BCUT2D eigenvalue weighted by Gasteiger charge is -2.22. The Morgan fingerprint density at radius 2 is 1.98 bits per heavy atom. The fraction of sp³-hybridized carbons (Fsp3) is 0.553. The molecule has 1 aromatic carbocycles. The number of nitrogens with one attached hydrogen (secondary N) is 2. The summed E-state index contributed by atoms with van der Waals surface area (Å²) in [5, 5.41) is 3.28. The zero-order chi connectivity index (χ0) is 35.0. The number of rotatable bonds is 16. The first kappa shape index (κ1) is 38.4. The third-order valence-electron chi connectivity index (χ3n) is 9.13. The molecule has 0 radical (unpaired) electrons. The number of Topliss-reactive ketones (excluding diaryl/α,β-unsaturated/α-hetero) is 1. The predicted octanol–water partition coefficient (Wildman–Crippen LogP) is 8.10. The number of unbranched alkanes of at least 4 members (excludes halogenated alkanes) is 4. The average Bonchev–Trinajstić information content (AvgIpc) is 3.93. The molecule has 49 heavy (non-hydrogen) atoms. The van der Waals surface area contributed by atoms with E-state index in [0.29, 0.717) is 17.6 Å². The molecule has 2 aromatic heterocycles. The molecule has 3 atom stereocenters. The highest BCUT2D eigenvalue weighted by atomic mass is 32.2. The number of carbonyl (C=O) groups excluding carboxylic acids is 3. The molecule has 6 rings (SSSR count). The average molecular weight is 709 g/mol. The standard InChI is InChI=1S/C21H35NO2.C13H10N2O2S.C4H7NOS/c1-3-11-18-16-19(18)12-8-6-4-5-7-9-14-21(24)22-15-10-13-20(22)17(2)23;1-17-8-2-3-9-10(4-8)15-11(5-13(9)16)12-6-18-7-14-12;6-3-5-7-4-1-2-4/h8,12,18-20H,3-7,9-11,13-16H2,1-2H3;2-7H,1H3,(H,15,16);3-4H,1-2H2,(H,5,6)/b12-8-;;/t18?,19-,20?;;/m1../s1. The van der Waals surface area contributed by atoms with Crippen molar-refractivity contribution in [3.8, 4) is 17.1 Å². The number of benzene rings is 1. The molecule has 2 unspecified atom stereocenters. The van der Waals surface area contributed by atoms with E-state index in [0.717, 1.165) is 72.6 Å². The summed E-state index contributed by atoms with van der Waals surface area (Å²) in [7, 11) is 1.60. The van der Waals surface area contributed by atoms with Crippen LogP contribution in [0.2, 0.25) is 0 Å². The van der Waals surface area contributed by atoms with E-state index in [1.165, 1.54) is 74.7 Å². The first-order valence-corrected chi connectivity index (χ1v) is 19.6. The Kier molecular flexibility index (Phi) is 15.9. The minimum absolute atomic E-state index is 0.0191. The minimum Gasteiger partial charge on any atom is -0.497 e. The molecule has 0 bridgehead atoms. The number of aromatic nitrogens is 2. The fourth-order valence-corrected chi connectivity index (χ4v) is 7.33. The van der Waals surface area contributed by atoms with Gasteiger partial charge in [-0.3, -0.25) is 19.2 Å². The Hall–Kier alpha value is -3.44. The fourth-order valence-electron chi connectivity index (χ4n) is 6.16. The number of likely N-dealkylation sites (tertiary alicyclic amines) is 1. The number of thiazole rings is 1. The Morgan fingerprint density at radius 3 is 2.67 bits per heavy atom. The Labute approximate surface area is 298 Å². The summed E-state index contributed by atoms with van der Waals surface area (Å²) in [6.45, 7) is 4.65. The highest BCUT2D eigenvalue weighted by Crippen LogP contribution is 2.43. The van der Waals surface area contributed by atoms with Gasteiger partial charge in [-0.25, -0.2) is 4.98 Å². The van der Waals surface area contributed by atoms with Gasteiger partial charge in [0.15, 0.2) is 11.2 Å². The maximum absolute atomic E-state index is 12.2. The summed E-state index contributed by atoms with van der Waals surface area (Å²) in [5.74, 6) is 2.89. The largest absolute Gasteiger partial charge is 0.497 e. The third kappa shape index (κ3) is 12.8. The molecule has 1 saturated heterocycles. The summed E-state index contributed by atoms with van der Waals surface area (Å²) in [4.78, 5) is 54.6. The lowest BCUT2D eigenvalue weighted by Crippen LogP contribution is -2.39. The number of pyridine rings is 1. The number of hydrogen-bond acceptors (Lipinski definition) is 8. The van der Waals surface area contributed by atoms with Crippen LogP contribution in [0.15, 0.2) is 52.1 Å². The van der Waals surface area contributed by atoms with Crippen LogP contribution in [-0.2, 0) is 14.4 Å². The maximum Gasteiger partial charge on any atom is 0.223 e. The van der Waals surface area contributed by atoms with Crippen LogP contribution >= 0.6 is 23.3 Å². The SMILES string of the molecule is CCCC1C[C@H]1/C=C\CCCCCCC(=O)N1CCCC1C(C)=O.COc1ccc2c(=O)cc(-c3cscn3)[nH]c2c1.O=CNSC1CC1. The second-order valence-corrected chi connectivity index (χ2v) is 14.9. The zero-order valence-corrected chi connectivity index (χ0v) is 30.8. The van der Waals surface area contributed by atoms with Crippen molar-refractivity contribution in [3.05, 3.63) is 57.5 Å². The van der Waals surface area contributed by atoms with E-state index in [-0.39, 0.29) is 23.2 Å². The van der Waals surface area contributed by atoms with Crippen LogP contribution in [0.4, 0.5) is 0 Å². The van der Waals surface area contributed by atoms with Crippen LogP contribution in [0.1, 0.15) is 97.3 Å². The van der Waals surface area contributed by atoms with Crippen molar-refractivity contribution in [1.29, 1.82) is 0 Å². The second kappa shape index (κ2) is 20.3. The number of H-pyrrole nitrogens is 1. The molecule has 9 nitrogen and oxygen atoms in total. The van der Waals surface area contributed by atoms with Crippen molar-refractivity contribution in [2.45, 2.75) is 109 Å². The number of allylic oxidation sites excluding steroid dienone is 2. The summed E-state index contributed by atoms with van der Waals surface area (Å²) in [6, 6.07) is 6.79. The number of ketones is 1. The van der Waals surface area contributed by atoms with E-state index in [2.05, 4.69) is 33.8 Å². The summed E-state index contributed by atoms with van der Waals surface area (Å²) < 4.78 is 7.70. The number of fused-ring (bicyclic) bond motifs is 1. The van der Waals surface area contributed by atoms with Crippen LogP contribution in [0.5, 0.6) is 5.75 Å². The van der Waals surface area contributed by atoms with Crippen molar-refractivity contribution >= 4 is 52.3 Å². The molecule has 0 spiro atoms. The summed E-state index contributed by atoms with van der Waals surface area (Å²) in [5.41, 5.74) is 3.98. The number of carbonyl (C=O) groups is 3. The molecule has 3 heterocycles. The van der Waals surface area contributed by atoms with Crippen molar-refractivity contribution in [2.75, 3.05) is 13.7 Å². The molecule has 2 amide bonds. The monoisotopic (exact) mass is 708 g/mol. The number of hydrogen-bond donors (Lipinski definition) is 2. The Morgan fingerprint density at radius 1 is 1.16 bits per heavy atom. The smallest absolute Gasteiger partial charge is 0.223 e. The van der Waals surface area contributed by atoms with Crippen molar-refractivity contribution in [2.24, 2.45) is 11.8 Å². The minimum atomic E-state index is -0.137. The quantitative estimate of drug-likeness (QED) is 0.0668. The van der Waals surface area contributed by atoms with E-state index in [9.17, 15) is 19.2 Å². The van der Waals surface area contributed by atoms with Gasteiger partial charge < -0.3 is 19.3 Å². The van der Waals surface area contributed by atoms with Gasteiger partial charge in [-0.15, -0.1) is 11.3 Å². The Balaban J connectivity index is 0.000000188. The topological polar surface area (TPSA) is 121 Å². The lowest BCUT2D eigenvalue weighted by molar-refractivity contribution is -0.137. The van der Waals surface area contributed by atoms with E-state index in [4.69, 9.17) is 4.74 Å². The number of nitrogens with zero attached hydrogens (tertiary/aromatic N) is 2.